The molecule has 2 amide bonds. The van der Waals surface area contributed by atoms with Gasteiger partial charge in [0.1, 0.15) is 5.82 Å². The number of benzene rings is 2. The minimum Gasteiger partial charge on any atom is -0.359 e. The van der Waals surface area contributed by atoms with Gasteiger partial charge in [-0.05, 0) is 74.7 Å². The number of hydrogen-bond acceptors (Lipinski definition) is 2. The molecule has 2 aliphatic rings. The minimum atomic E-state index is -0.500. The van der Waals surface area contributed by atoms with Crippen molar-refractivity contribution in [3.63, 3.8) is 0 Å². The first kappa shape index (κ1) is 20.9. The largest absolute Gasteiger partial charge is 0.359 e. The van der Waals surface area contributed by atoms with Gasteiger partial charge in [-0.2, -0.15) is 0 Å². The van der Waals surface area contributed by atoms with Crippen LogP contribution in [0, 0.1) is 12.7 Å². The molecular weight excluding hydrogens is 427 g/mol. The van der Waals surface area contributed by atoms with Gasteiger partial charge in [0.2, 0.25) is 0 Å². The maximum absolute atomic E-state index is 13.4. The molecule has 2 aromatic carbocycles. The van der Waals surface area contributed by atoms with Gasteiger partial charge in [-0.3, -0.25) is 0 Å². The van der Waals surface area contributed by atoms with Crippen LogP contribution >= 0.6 is 11.6 Å². The molecule has 7 heteroatoms. The highest BCUT2D eigenvalue weighted by Crippen LogP contribution is 2.48. The maximum atomic E-state index is 13.4. The number of hydrogen-bond donors (Lipinski definition) is 1. The molecule has 0 unspecified atom stereocenters. The van der Waals surface area contributed by atoms with Gasteiger partial charge in [-0.25, -0.2) is 9.18 Å². The lowest BCUT2D eigenvalue weighted by molar-refractivity contribution is 0.161. The van der Waals surface area contributed by atoms with Crippen molar-refractivity contribution in [2.45, 2.75) is 32.2 Å². The number of urea groups is 1. The summed E-state index contributed by atoms with van der Waals surface area (Å²) in [6, 6.07) is 15.0. The van der Waals surface area contributed by atoms with Crippen LogP contribution in [0.1, 0.15) is 31.0 Å². The Bertz CT molecular complexity index is 1180. The molecule has 1 fully saturated rings. The summed E-state index contributed by atoms with van der Waals surface area (Å²) in [6.07, 6.45) is 3.79. The van der Waals surface area contributed by atoms with Gasteiger partial charge in [0.05, 0.1) is 21.9 Å². The Labute approximate surface area is 192 Å². The minimum absolute atomic E-state index is 0.00379. The predicted octanol–water partition coefficient (Wildman–Crippen LogP) is 5.94. The van der Waals surface area contributed by atoms with Crippen molar-refractivity contribution in [3.8, 4) is 5.69 Å². The maximum Gasteiger partial charge on any atom is 0.321 e. The summed E-state index contributed by atoms with van der Waals surface area (Å²) in [5.41, 5.74) is 5.30. The zero-order chi connectivity index (χ0) is 22.5. The van der Waals surface area contributed by atoms with Crippen LogP contribution in [-0.2, 0) is 5.54 Å². The van der Waals surface area contributed by atoms with E-state index >= 15 is 0 Å². The Hall–Kier alpha value is -2.99. The Balaban J connectivity index is 1.40. The molecule has 32 heavy (non-hydrogen) atoms. The SMILES string of the molecule is CCN1c2cc(C)ccc2-n2cccc2C12CCN(C(=O)Nc1ccc(F)c(Cl)c1)CC2. The lowest BCUT2D eigenvalue weighted by atomic mass is 9.80. The van der Waals surface area contributed by atoms with E-state index < -0.39 is 5.82 Å². The van der Waals surface area contributed by atoms with Gasteiger partial charge in [-0.1, -0.05) is 17.7 Å². The summed E-state index contributed by atoms with van der Waals surface area (Å²) in [4.78, 5) is 17.2. The van der Waals surface area contributed by atoms with E-state index in [0.29, 0.717) is 18.8 Å². The van der Waals surface area contributed by atoms with E-state index in [1.165, 1.54) is 40.8 Å². The fourth-order valence-electron chi connectivity index (χ4n) is 5.25. The Kier molecular flexibility index (Phi) is 5.13. The molecule has 5 rings (SSSR count). The fraction of sp³-hybridized carbons (Fsp3) is 0.320. The molecule has 0 radical (unpaired) electrons. The topological polar surface area (TPSA) is 40.5 Å². The third-order valence-electron chi connectivity index (χ3n) is 6.79. The molecule has 2 aliphatic heterocycles. The lowest BCUT2D eigenvalue weighted by Crippen LogP contribution is -2.57. The molecular formula is C25H26ClFN4O. The summed E-state index contributed by atoms with van der Waals surface area (Å²) < 4.78 is 15.7. The molecule has 1 spiro atoms. The van der Waals surface area contributed by atoms with Crippen molar-refractivity contribution >= 4 is 29.0 Å². The van der Waals surface area contributed by atoms with Gasteiger partial charge >= 0.3 is 6.03 Å². The molecule has 5 nitrogen and oxygen atoms in total. The molecule has 0 bridgehead atoms. The molecule has 1 saturated heterocycles. The second kappa shape index (κ2) is 7.85. The van der Waals surface area contributed by atoms with Crippen LogP contribution in [0.5, 0.6) is 0 Å². The van der Waals surface area contributed by atoms with E-state index in [1.54, 1.807) is 0 Å². The van der Waals surface area contributed by atoms with E-state index in [0.717, 1.165) is 19.4 Å². The number of carbonyl (C=O) groups excluding carboxylic acids is 1. The second-order valence-corrected chi connectivity index (χ2v) is 8.98. The number of rotatable bonds is 2. The van der Waals surface area contributed by atoms with Crippen molar-refractivity contribution in [2.24, 2.45) is 0 Å². The smallest absolute Gasteiger partial charge is 0.321 e. The van der Waals surface area contributed by atoms with E-state index in [2.05, 4.69) is 65.2 Å². The molecule has 0 aliphatic carbocycles. The third-order valence-corrected chi connectivity index (χ3v) is 7.08. The first-order chi connectivity index (χ1) is 15.4. The van der Waals surface area contributed by atoms with Crippen LogP contribution in [-0.4, -0.2) is 35.1 Å². The van der Waals surface area contributed by atoms with Crippen LogP contribution in [0.15, 0.2) is 54.7 Å². The zero-order valence-corrected chi connectivity index (χ0v) is 19.0. The van der Waals surface area contributed by atoms with Crippen molar-refractivity contribution in [1.29, 1.82) is 0 Å². The average Bonchev–Trinajstić information content (AvgIpc) is 3.28. The zero-order valence-electron chi connectivity index (χ0n) is 18.2. The van der Waals surface area contributed by atoms with E-state index in [9.17, 15) is 9.18 Å². The van der Waals surface area contributed by atoms with E-state index in [-0.39, 0.29) is 16.6 Å². The molecule has 1 aromatic heterocycles. The predicted molar refractivity (Wildman–Crippen MR) is 126 cm³/mol. The molecule has 0 saturated carbocycles. The number of nitrogens with one attached hydrogen (secondary N) is 1. The van der Waals surface area contributed by atoms with Gasteiger partial charge in [0.25, 0.3) is 0 Å². The van der Waals surface area contributed by atoms with Gasteiger partial charge in [-0.15, -0.1) is 0 Å². The highest BCUT2D eigenvalue weighted by molar-refractivity contribution is 6.31. The van der Waals surface area contributed by atoms with Gasteiger partial charge < -0.3 is 19.7 Å². The summed E-state index contributed by atoms with van der Waals surface area (Å²) in [5, 5.41) is 2.85. The number of likely N-dealkylation sites (tertiary alicyclic amines) is 1. The molecule has 0 atom stereocenters. The lowest BCUT2D eigenvalue weighted by Gasteiger charge is -2.53. The normalized spacial score (nSPS) is 16.6. The highest BCUT2D eigenvalue weighted by atomic mass is 35.5. The Morgan fingerprint density at radius 3 is 2.62 bits per heavy atom. The number of aromatic nitrogens is 1. The number of halogens is 2. The van der Waals surface area contributed by atoms with Crippen LogP contribution < -0.4 is 10.2 Å². The number of fused-ring (bicyclic) bond motifs is 4. The Morgan fingerprint density at radius 1 is 1.12 bits per heavy atom. The van der Waals surface area contributed by atoms with E-state index in [1.807, 2.05) is 4.90 Å². The molecule has 166 valence electrons. The molecule has 3 heterocycles. The number of aryl methyl sites for hydroxylation is 1. The summed E-state index contributed by atoms with van der Waals surface area (Å²) in [5.74, 6) is -0.500. The van der Waals surface area contributed by atoms with Gasteiger partial charge in [0.15, 0.2) is 0 Å². The summed E-state index contributed by atoms with van der Waals surface area (Å²) >= 11 is 5.85. The standard InChI is InChI=1S/C25H26ClFN4O/c1-3-31-22-15-17(2)6-9-21(22)30-12-4-5-23(30)25(31)10-13-29(14-11-25)24(32)28-18-7-8-20(27)19(26)16-18/h4-9,12,15-16H,3,10-11,13-14H2,1-2H3,(H,28,32). The fourth-order valence-corrected chi connectivity index (χ4v) is 5.43. The number of amides is 2. The van der Waals surface area contributed by atoms with Crippen molar-refractivity contribution in [1.82, 2.24) is 9.47 Å². The van der Waals surface area contributed by atoms with Crippen molar-refractivity contribution < 1.29 is 9.18 Å². The Morgan fingerprint density at radius 2 is 1.91 bits per heavy atom. The second-order valence-electron chi connectivity index (χ2n) is 8.58. The van der Waals surface area contributed by atoms with Crippen LogP contribution in [0.4, 0.5) is 20.6 Å². The number of anilines is 2. The number of nitrogens with zero attached hydrogens (tertiary/aromatic N) is 3. The van der Waals surface area contributed by atoms with Crippen LogP contribution in [0.2, 0.25) is 5.02 Å². The highest BCUT2D eigenvalue weighted by Gasteiger charge is 2.46. The monoisotopic (exact) mass is 452 g/mol. The quantitative estimate of drug-likeness (QED) is 0.522. The molecule has 1 N–H and O–H groups in total. The van der Waals surface area contributed by atoms with Crippen LogP contribution in [0.3, 0.4) is 0 Å². The van der Waals surface area contributed by atoms with Crippen LogP contribution in [0.25, 0.3) is 5.69 Å². The first-order valence-corrected chi connectivity index (χ1v) is 11.4. The van der Waals surface area contributed by atoms with Crippen molar-refractivity contribution in [2.75, 3.05) is 29.9 Å². The number of carbonyl (C=O) groups is 1. The van der Waals surface area contributed by atoms with Crippen molar-refractivity contribution in [3.05, 3.63) is 76.8 Å². The van der Waals surface area contributed by atoms with E-state index in [4.69, 9.17) is 11.6 Å². The third kappa shape index (κ3) is 3.25. The number of piperidine rings is 1. The first-order valence-electron chi connectivity index (χ1n) is 11.0. The summed E-state index contributed by atoms with van der Waals surface area (Å²) in [7, 11) is 0. The van der Waals surface area contributed by atoms with Gasteiger partial charge in [0, 0.05) is 37.2 Å². The average molecular weight is 453 g/mol. The molecule has 3 aromatic rings. The summed E-state index contributed by atoms with van der Waals surface area (Å²) in [6.45, 7) is 6.47.